The lowest BCUT2D eigenvalue weighted by Crippen LogP contribution is -2.33. The van der Waals surface area contributed by atoms with Crippen LogP contribution in [0, 0.1) is 0 Å². The van der Waals surface area contributed by atoms with Gasteiger partial charge in [0.2, 0.25) is 5.95 Å². The van der Waals surface area contributed by atoms with Crippen LogP contribution >= 0.6 is 0 Å². The van der Waals surface area contributed by atoms with Gasteiger partial charge in [-0.1, -0.05) is 0 Å². The van der Waals surface area contributed by atoms with Crippen LogP contribution in [-0.4, -0.2) is 32.1 Å². The van der Waals surface area contributed by atoms with Gasteiger partial charge in [-0.05, 0) is 18.9 Å². The molecular weight excluding hydrogens is 226 g/mol. The fourth-order valence-electron chi connectivity index (χ4n) is 2.55. The number of rotatable bonds is 3. The van der Waals surface area contributed by atoms with Gasteiger partial charge < -0.3 is 9.47 Å². The number of aryl methyl sites for hydroxylation is 1. The van der Waals surface area contributed by atoms with E-state index < -0.39 is 0 Å². The number of anilines is 1. The summed E-state index contributed by atoms with van der Waals surface area (Å²) in [6, 6.07) is 2.32. The Balaban J connectivity index is 1.78. The van der Waals surface area contributed by atoms with E-state index in [-0.39, 0.29) is 0 Å². The third-order valence-electron chi connectivity index (χ3n) is 3.53. The zero-order valence-electron chi connectivity index (χ0n) is 10.5. The van der Waals surface area contributed by atoms with E-state index in [2.05, 4.69) is 24.4 Å². The molecule has 0 spiro atoms. The molecule has 1 aliphatic rings. The lowest BCUT2D eigenvalue weighted by atomic mass is 10.1. The maximum absolute atomic E-state index is 4.40. The average Bonchev–Trinajstić information content (AvgIpc) is 3.01. The SMILES string of the molecule is Cn1ccnc1CC1CCCN1c1ncccn1. The van der Waals surface area contributed by atoms with Crippen LogP contribution in [0.1, 0.15) is 18.7 Å². The Kier molecular flexibility index (Phi) is 2.96. The molecule has 0 amide bonds. The van der Waals surface area contributed by atoms with E-state index in [1.165, 1.54) is 12.8 Å². The van der Waals surface area contributed by atoms with Crippen LogP contribution in [0.15, 0.2) is 30.9 Å². The number of hydrogen-bond donors (Lipinski definition) is 0. The van der Waals surface area contributed by atoms with Gasteiger partial charge in [0.05, 0.1) is 0 Å². The Morgan fingerprint density at radius 2 is 2.06 bits per heavy atom. The molecule has 18 heavy (non-hydrogen) atoms. The first kappa shape index (κ1) is 11.2. The highest BCUT2D eigenvalue weighted by Gasteiger charge is 2.27. The Hall–Kier alpha value is -1.91. The van der Waals surface area contributed by atoms with E-state index in [4.69, 9.17) is 0 Å². The Morgan fingerprint density at radius 3 is 2.78 bits per heavy atom. The zero-order valence-corrected chi connectivity index (χ0v) is 10.5. The van der Waals surface area contributed by atoms with Crippen molar-refractivity contribution >= 4 is 5.95 Å². The molecule has 3 heterocycles. The summed E-state index contributed by atoms with van der Waals surface area (Å²) in [7, 11) is 2.04. The first-order chi connectivity index (χ1) is 8.84. The summed E-state index contributed by atoms with van der Waals surface area (Å²) in [5.41, 5.74) is 0. The molecule has 0 aromatic carbocycles. The molecule has 2 aromatic heterocycles. The summed E-state index contributed by atoms with van der Waals surface area (Å²) in [6.07, 6.45) is 10.8. The van der Waals surface area contributed by atoms with Gasteiger partial charge >= 0.3 is 0 Å². The van der Waals surface area contributed by atoms with Crippen molar-refractivity contribution in [3.8, 4) is 0 Å². The normalized spacial score (nSPS) is 19.4. The molecule has 1 atom stereocenters. The van der Waals surface area contributed by atoms with Crippen LogP contribution in [0.25, 0.3) is 0 Å². The minimum absolute atomic E-state index is 0.466. The van der Waals surface area contributed by atoms with E-state index in [0.29, 0.717) is 6.04 Å². The van der Waals surface area contributed by atoms with Crippen LogP contribution in [0.5, 0.6) is 0 Å². The summed E-state index contributed by atoms with van der Waals surface area (Å²) < 4.78 is 2.09. The van der Waals surface area contributed by atoms with E-state index in [1.807, 2.05) is 25.5 Å². The van der Waals surface area contributed by atoms with Crippen LogP contribution in [0.2, 0.25) is 0 Å². The smallest absolute Gasteiger partial charge is 0.225 e. The van der Waals surface area contributed by atoms with Crippen LogP contribution in [0.3, 0.4) is 0 Å². The molecule has 0 bridgehead atoms. The van der Waals surface area contributed by atoms with Gasteiger partial charge in [-0.2, -0.15) is 0 Å². The summed E-state index contributed by atoms with van der Waals surface area (Å²) in [5.74, 6) is 1.97. The number of aromatic nitrogens is 4. The van der Waals surface area contributed by atoms with Crippen LogP contribution in [-0.2, 0) is 13.5 Å². The molecule has 1 saturated heterocycles. The van der Waals surface area contributed by atoms with Crippen molar-refractivity contribution < 1.29 is 0 Å². The Bertz CT molecular complexity index is 507. The van der Waals surface area contributed by atoms with Crippen molar-refractivity contribution in [3.05, 3.63) is 36.7 Å². The van der Waals surface area contributed by atoms with Gasteiger partial charge in [0, 0.05) is 50.8 Å². The lowest BCUT2D eigenvalue weighted by Gasteiger charge is -2.24. The summed E-state index contributed by atoms with van der Waals surface area (Å²) >= 11 is 0. The van der Waals surface area contributed by atoms with Crippen molar-refractivity contribution in [2.45, 2.75) is 25.3 Å². The van der Waals surface area contributed by atoms with Crippen molar-refractivity contribution in [2.75, 3.05) is 11.4 Å². The molecule has 0 aliphatic carbocycles. The van der Waals surface area contributed by atoms with Gasteiger partial charge in [-0.15, -0.1) is 0 Å². The van der Waals surface area contributed by atoms with E-state index >= 15 is 0 Å². The minimum atomic E-state index is 0.466. The second-order valence-electron chi connectivity index (χ2n) is 4.70. The first-order valence-electron chi connectivity index (χ1n) is 6.34. The zero-order chi connectivity index (χ0) is 12.4. The lowest BCUT2D eigenvalue weighted by molar-refractivity contribution is 0.613. The van der Waals surface area contributed by atoms with Crippen molar-refractivity contribution in [1.29, 1.82) is 0 Å². The largest absolute Gasteiger partial charge is 0.338 e. The molecule has 94 valence electrons. The predicted molar refractivity (Wildman–Crippen MR) is 69.3 cm³/mol. The third kappa shape index (κ3) is 2.08. The molecule has 5 nitrogen and oxygen atoms in total. The second-order valence-corrected chi connectivity index (χ2v) is 4.70. The quantitative estimate of drug-likeness (QED) is 0.818. The summed E-state index contributed by atoms with van der Waals surface area (Å²) in [4.78, 5) is 15.4. The second kappa shape index (κ2) is 4.76. The molecule has 1 unspecified atom stereocenters. The maximum atomic E-state index is 4.40. The fraction of sp³-hybridized carbons (Fsp3) is 0.462. The maximum Gasteiger partial charge on any atom is 0.225 e. The van der Waals surface area contributed by atoms with Gasteiger partial charge in [0.15, 0.2) is 0 Å². The fourth-order valence-corrected chi connectivity index (χ4v) is 2.55. The minimum Gasteiger partial charge on any atom is -0.338 e. The molecule has 5 heteroatoms. The molecule has 3 rings (SSSR count). The van der Waals surface area contributed by atoms with Gasteiger partial charge in [-0.3, -0.25) is 0 Å². The summed E-state index contributed by atoms with van der Waals surface area (Å²) in [6.45, 7) is 1.04. The van der Waals surface area contributed by atoms with Gasteiger partial charge in [0.1, 0.15) is 5.82 Å². The average molecular weight is 243 g/mol. The standard InChI is InChI=1S/C13H17N5/c1-17-9-7-14-12(17)10-11-4-2-8-18(11)13-15-5-3-6-16-13/h3,5-7,9,11H,2,4,8,10H2,1H3. The number of hydrogen-bond acceptors (Lipinski definition) is 4. The van der Waals surface area contributed by atoms with Gasteiger partial charge in [0.25, 0.3) is 0 Å². The molecule has 1 fully saturated rings. The highest BCUT2D eigenvalue weighted by Crippen LogP contribution is 2.24. The molecule has 1 aliphatic heterocycles. The number of nitrogens with zero attached hydrogens (tertiary/aromatic N) is 5. The van der Waals surface area contributed by atoms with E-state index in [1.54, 1.807) is 12.4 Å². The van der Waals surface area contributed by atoms with E-state index in [9.17, 15) is 0 Å². The molecule has 0 N–H and O–H groups in total. The van der Waals surface area contributed by atoms with Crippen molar-refractivity contribution in [3.63, 3.8) is 0 Å². The van der Waals surface area contributed by atoms with Crippen LogP contribution in [0.4, 0.5) is 5.95 Å². The predicted octanol–water partition coefficient (Wildman–Crippen LogP) is 1.42. The third-order valence-corrected chi connectivity index (χ3v) is 3.53. The first-order valence-corrected chi connectivity index (χ1v) is 6.34. The Morgan fingerprint density at radius 1 is 1.22 bits per heavy atom. The molecule has 0 saturated carbocycles. The molecular formula is C13H17N5. The molecule has 0 radical (unpaired) electrons. The Labute approximate surface area is 107 Å². The summed E-state index contributed by atoms with van der Waals surface area (Å²) in [5, 5.41) is 0. The van der Waals surface area contributed by atoms with Crippen molar-refractivity contribution in [2.24, 2.45) is 7.05 Å². The van der Waals surface area contributed by atoms with E-state index in [0.717, 1.165) is 24.7 Å². The van der Waals surface area contributed by atoms with Crippen LogP contribution < -0.4 is 4.90 Å². The van der Waals surface area contributed by atoms with Crippen molar-refractivity contribution in [1.82, 2.24) is 19.5 Å². The highest BCUT2D eigenvalue weighted by molar-refractivity contribution is 5.32. The topological polar surface area (TPSA) is 46.8 Å². The number of imidazole rings is 1. The van der Waals surface area contributed by atoms with Gasteiger partial charge in [-0.25, -0.2) is 15.0 Å². The highest BCUT2D eigenvalue weighted by atomic mass is 15.3. The monoisotopic (exact) mass is 243 g/mol. The molecule has 2 aromatic rings.